The van der Waals surface area contributed by atoms with E-state index in [-0.39, 0.29) is 12.1 Å². The molecule has 0 spiro atoms. The molecule has 128 valence electrons. The fourth-order valence-electron chi connectivity index (χ4n) is 3.18. The number of nitrogens with zero attached hydrogens (tertiary/aromatic N) is 4. The highest BCUT2D eigenvalue weighted by molar-refractivity contribution is 7.99. The molecule has 0 unspecified atom stereocenters. The second-order valence-electron chi connectivity index (χ2n) is 6.79. The molecule has 7 heteroatoms. The van der Waals surface area contributed by atoms with Gasteiger partial charge < -0.3 is 10.2 Å². The summed E-state index contributed by atoms with van der Waals surface area (Å²) < 4.78 is 1.98. The largest absolute Gasteiger partial charge is 0.328 e. The molecule has 6 nitrogen and oxygen atoms in total. The van der Waals surface area contributed by atoms with Crippen LogP contribution >= 0.6 is 11.8 Å². The van der Waals surface area contributed by atoms with Gasteiger partial charge in [-0.15, -0.1) is 0 Å². The monoisotopic (exact) mass is 337 g/mol. The molecule has 1 saturated heterocycles. The van der Waals surface area contributed by atoms with E-state index in [1.54, 1.807) is 0 Å². The normalized spacial score (nSPS) is 25.1. The molecule has 2 amide bonds. The van der Waals surface area contributed by atoms with Crippen molar-refractivity contribution in [3.05, 3.63) is 11.6 Å². The van der Waals surface area contributed by atoms with Crippen LogP contribution in [-0.4, -0.2) is 49.8 Å². The summed E-state index contributed by atoms with van der Waals surface area (Å²) in [7, 11) is 0. The van der Waals surface area contributed by atoms with Crippen molar-refractivity contribution in [3.8, 4) is 0 Å². The van der Waals surface area contributed by atoms with Crippen molar-refractivity contribution < 1.29 is 4.79 Å². The maximum atomic E-state index is 12.7. The number of aromatic nitrogens is 3. The number of nitrogens with one attached hydrogen (secondary N) is 1. The van der Waals surface area contributed by atoms with E-state index in [9.17, 15) is 4.79 Å². The summed E-state index contributed by atoms with van der Waals surface area (Å²) in [4.78, 5) is 19.4. The van der Waals surface area contributed by atoms with Crippen LogP contribution in [0.1, 0.15) is 63.6 Å². The van der Waals surface area contributed by atoms with Crippen LogP contribution in [0.2, 0.25) is 0 Å². The average Bonchev–Trinajstić information content (AvgIpc) is 2.85. The van der Waals surface area contributed by atoms with Crippen molar-refractivity contribution in [2.24, 2.45) is 0 Å². The summed E-state index contributed by atoms with van der Waals surface area (Å²) in [5.74, 6) is 4.27. The molecule has 1 fully saturated rings. The number of hydrogen-bond acceptors (Lipinski definition) is 4. The molecule has 0 bridgehead atoms. The number of fused-ring (bicyclic) bond motifs is 1. The minimum atomic E-state index is -0.0145. The van der Waals surface area contributed by atoms with Crippen LogP contribution in [-0.2, 0) is 6.54 Å². The number of hydrogen-bond donors (Lipinski definition) is 1. The summed E-state index contributed by atoms with van der Waals surface area (Å²) in [5.41, 5.74) is 0. The Hall–Kier alpha value is -1.24. The van der Waals surface area contributed by atoms with Gasteiger partial charge in [-0.2, -0.15) is 16.9 Å². The zero-order valence-electron chi connectivity index (χ0n) is 14.3. The molecule has 0 radical (unpaired) electrons. The number of urea groups is 1. The molecule has 1 aromatic heterocycles. The van der Waals surface area contributed by atoms with Gasteiger partial charge in [0.05, 0.1) is 6.04 Å². The predicted molar refractivity (Wildman–Crippen MR) is 92.7 cm³/mol. The predicted octanol–water partition coefficient (Wildman–Crippen LogP) is 2.77. The number of aryl methyl sites for hydroxylation is 1. The fraction of sp³-hybridized carbons (Fsp3) is 0.812. The Bertz CT molecular complexity index is 559. The summed E-state index contributed by atoms with van der Waals surface area (Å²) in [6.45, 7) is 8.08. The van der Waals surface area contributed by atoms with Gasteiger partial charge in [0.2, 0.25) is 0 Å². The molecule has 3 rings (SSSR count). The van der Waals surface area contributed by atoms with Gasteiger partial charge in [0.1, 0.15) is 5.82 Å². The SMILES string of the molecule is CC(C)c1nc2n(n1)CCC[C@H]2NC(=O)N1CCSCC[C@H]1C. The second kappa shape index (κ2) is 7.11. The van der Waals surface area contributed by atoms with Crippen LogP contribution < -0.4 is 5.32 Å². The molecule has 0 aromatic carbocycles. The third-order valence-corrected chi connectivity index (χ3v) is 5.65. The van der Waals surface area contributed by atoms with Gasteiger partial charge in [0.25, 0.3) is 0 Å². The van der Waals surface area contributed by atoms with E-state index in [1.165, 1.54) is 0 Å². The molecule has 2 aliphatic heterocycles. The lowest BCUT2D eigenvalue weighted by molar-refractivity contribution is 0.176. The zero-order valence-corrected chi connectivity index (χ0v) is 15.1. The van der Waals surface area contributed by atoms with Crippen molar-refractivity contribution in [1.29, 1.82) is 0 Å². The van der Waals surface area contributed by atoms with Gasteiger partial charge >= 0.3 is 6.03 Å². The maximum absolute atomic E-state index is 12.7. The number of carbonyl (C=O) groups is 1. The van der Waals surface area contributed by atoms with Crippen molar-refractivity contribution in [2.75, 3.05) is 18.1 Å². The van der Waals surface area contributed by atoms with E-state index in [0.717, 1.165) is 55.5 Å². The molecular formula is C16H27N5OS. The Morgan fingerprint density at radius 1 is 1.30 bits per heavy atom. The molecule has 1 N–H and O–H groups in total. The van der Waals surface area contributed by atoms with Crippen LogP contribution in [0.3, 0.4) is 0 Å². The molecule has 2 atom stereocenters. The standard InChI is InChI=1S/C16H27N5OS/c1-11(2)14-18-15-13(5-4-7-21(15)19-14)17-16(22)20-8-10-23-9-6-12(20)3/h11-13H,4-10H2,1-3H3,(H,17,22)/t12-,13-/m1/s1. The molecule has 2 aliphatic rings. The summed E-state index contributed by atoms with van der Waals surface area (Å²) in [6.07, 6.45) is 3.04. The van der Waals surface area contributed by atoms with Gasteiger partial charge in [-0.05, 0) is 31.9 Å². The van der Waals surface area contributed by atoms with Crippen molar-refractivity contribution >= 4 is 17.8 Å². The third-order valence-electron chi connectivity index (χ3n) is 4.65. The fourth-order valence-corrected chi connectivity index (χ4v) is 4.22. The van der Waals surface area contributed by atoms with E-state index >= 15 is 0 Å². The Labute approximate surface area is 142 Å². The first kappa shape index (κ1) is 16.6. The number of carbonyl (C=O) groups excluding carboxylic acids is 1. The Morgan fingerprint density at radius 2 is 2.13 bits per heavy atom. The van der Waals surface area contributed by atoms with E-state index < -0.39 is 0 Å². The first-order valence-electron chi connectivity index (χ1n) is 8.65. The summed E-state index contributed by atoms with van der Waals surface area (Å²) in [5, 5.41) is 7.80. The van der Waals surface area contributed by atoms with E-state index in [0.29, 0.717) is 12.0 Å². The third kappa shape index (κ3) is 3.65. The van der Waals surface area contributed by atoms with Crippen LogP contribution in [0.4, 0.5) is 4.79 Å². The molecule has 0 aliphatic carbocycles. The van der Waals surface area contributed by atoms with Crippen LogP contribution in [0.5, 0.6) is 0 Å². The van der Waals surface area contributed by atoms with Crippen molar-refractivity contribution in [1.82, 2.24) is 25.0 Å². The van der Waals surface area contributed by atoms with Gasteiger partial charge in [-0.1, -0.05) is 13.8 Å². The minimum Gasteiger partial charge on any atom is -0.328 e. The lowest BCUT2D eigenvalue weighted by Gasteiger charge is -2.30. The smallest absolute Gasteiger partial charge is 0.318 e. The van der Waals surface area contributed by atoms with Crippen LogP contribution in [0.15, 0.2) is 0 Å². The molecular weight excluding hydrogens is 310 g/mol. The Morgan fingerprint density at radius 3 is 2.91 bits per heavy atom. The number of thioether (sulfide) groups is 1. The van der Waals surface area contributed by atoms with Crippen LogP contribution in [0.25, 0.3) is 0 Å². The van der Waals surface area contributed by atoms with Gasteiger partial charge in [0, 0.05) is 30.8 Å². The maximum Gasteiger partial charge on any atom is 0.318 e. The summed E-state index contributed by atoms with van der Waals surface area (Å²) in [6, 6.07) is 0.338. The highest BCUT2D eigenvalue weighted by Gasteiger charge is 2.29. The lowest BCUT2D eigenvalue weighted by atomic mass is 10.1. The quantitative estimate of drug-likeness (QED) is 0.901. The highest BCUT2D eigenvalue weighted by Crippen LogP contribution is 2.25. The first-order chi connectivity index (χ1) is 11.1. The van der Waals surface area contributed by atoms with E-state index in [4.69, 9.17) is 0 Å². The topological polar surface area (TPSA) is 63.1 Å². The van der Waals surface area contributed by atoms with Gasteiger partial charge in [0.15, 0.2) is 5.82 Å². The van der Waals surface area contributed by atoms with Gasteiger partial charge in [-0.3, -0.25) is 0 Å². The highest BCUT2D eigenvalue weighted by atomic mass is 32.2. The molecule has 0 saturated carbocycles. The zero-order chi connectivity index (χ0) is 16.4. The van der Waals surface area contributed by atoms with Crippen molar-refractivity contribution in [2.45, 2.75) is 64.6 Å². The van der Waals surface area contributed by atoms with Gasteiger partial charge in [-0.25, -0.2) is 14.5 Å². The Kier molecular flexibility index (Phi) is 5.14. The lowest BCUT2D eigenvalue weighted by Crippen LogP contribution is -2.47. The van der Waals surface area contributed by atoms with Crippen LogP contribution in [0, 0.1) is 0 Å². The number of rotatable bonds is 2. The molecule has 3 heterocycles. The molecule has 1 aromatic rings. The summed E-state index contributed by atoms with van der Waals surface area (Å²) >= 11 is 1.93. The minimum absolute atomic E-state index is 0.0145. The van der Waals surface area contributed by atoms with E-state index in [1.807, 2.05) is 21.3 Å². The first-order valence-corrected chi connectivity index (χ1v) is 9.81. The second-order valence-corrected chi connectivity index (χ2v) is 8.02. The Balaban J connectivity index is 1.72. The van der Waals surface area contributed by atoms with Crippen molar-refractivity contribution in [3.63, 3.8) is 0 Å². The van der Waals surface area contributed by atoms with E-state index in [2.05, 4.69) is 36.2 Å². The molecule has 23 heavy (non-hydrogen) atoms. The average molecular weight is 337 g/mol. The number of amides is 2.